The van der Waals surface area contributed by atoms with Crippen LogP contribution in [0.3, 0.4) is 0 Å². The highest BCUT2D eigenvalue weighted by Crippen LogP contribution is 2.43. The zero-order valence-electron chi connectivity index (χ0n) is 22.8. The predicted molar refractivity (Wildman–Crippen MR) is 176 cm³/mol. The summed E-state index contributed by atoms with van der Waals surface area (Å²) in [4.78, 5) is 4.53. The Kier molecular flexibility index (Phi) is 4.90. The lowest BCUT2D eigenvalue weighted by atomic mass is 9.99. The van der Waals surface area contributed by atoms with Crippen molar-refractivity contribution in [3.63, 3.8) is 0 Å². The van der Waals surface area contributed by atoms with E-state index in [1.54, 1.807) is 0 Å². The van der Waals surface area contributed by atoms with Crippen LogP contribution in [0.25, 0.3) is 76.9 Å². The molecule has 3 heteroatoms. The minimum Gasteiger partial charge on any atom is -0.309 e. The molecule has 9 aromatic rings. The molecule has 0 saturated carbocycles. The van der Waals surface area contributed by atoms with Crippen molar-refractivity contribution in [2.75, 3.05) is 0 Å². The fourth-order valence-corrected chi connectivity index (χ4v) is 6.80. The van der Waals surface area contributed by atoms with Crippen molar-refractivity contribution >= 4 is 54.4 Å². The molecule has 0 saturated heterocycles. The molecule has 0 unspecified atom stereocenters. The van der Waals surface area contributed by atoms with Crippen LogP contribution < -0.4 is 0 Å². The molecule has 0 bridgehead atoms. The van der Waals surface area contributed by atoms with Gasteiger partial charge in [0.05, 0.1) is 28.3 Å². The minimum absolute atomic E-state index is 1.10. The SMILES string of the molecule is c1ccc(-n2c3cnccc3c3cccc(-c4cccc5c6ccccc6n(-c6ccc7ccccc7c6)c45)c32)cc1. The maximum Gasteiger partial charge on any atom is 0.0724 e. The molecule has 196 valence electrons. The van der Waals surface area contributed by atoms with E-state index >= 15 is 0 Å². The predicted octanol–water partition coefficient (Wildman–Crippen LogP) is 10.1. The lowest BCUT2D eigenvalue weighted by molar-refractivity contribution is 1.16. The third-order valence-electron chi connectivity index (χ3n) is 8.58. The van der Waals surface area contributed by atoms with Crippen LogP contribution in [0.4, 0.5) is 0 Å². The van der Waals surface area contributed by atoms with E-state index in [1.165, 1.54) is 60.0 Å². The summed E-state index contributed by atoms with van der Waals surface area (Å²) in [6.45, 7) is 0. The summed E-state index contributed by atoms with van der Waals surface area (Å²) in [7, 11) is 0. The molecule has 0 amide bonds. The van der Waals surface area contributed by atoms with Gasteiger partial charge in [0.2, 0.25) is 0 Å². The summed E-state index contributed by atoms with van der Waals surface area (Å²) >= 11 is 0. The van der Waals surface area contributed by atoms with Gasteiger partial charge in [0.15, 0.2) is 0 Å². The number of benzene rings is 6. The monoisotopic (exact) mass is 535 g/mol. The second-order valence-electron chi connectivity index (χ2n) is 10.9. The summed E-state index contributed by atoms with van der Waals surface area (Å²) in [6, 6.07) is 50.3. The summed E-state index contributed by atoms with van der Waals surface area (Å²) in [5.74, 6) is 0. The van der Waals surface area contributed by atoms with Crippen LogP contribution >= 0.6 is 0 Å². The summed E-state index contributed by atoms with van der Waals surface area (Å²) in [5, 5.41) is 7.40. The van der Waals surface area contributed by atoms with Gasteiger partial charge in [-0.15, -0.1) is 0 Å². The first-order chi connectivity index (χ1) is 20.9. The Hall–Kier alpha value is -5.67. The zero-order valence-corrected chi connectivity index (χ0v) is 22.8. The van der Waals surface area contributed by atoms with Gasteiger partial charge in [-0.1, -0.05) is 103 Å². The molecule has 0 aliphatic carbocycles. The van der Waals surface area contributed by atoms with Gasteiger partial charge in [0, 0.05) is 50.2 Å². The Morgan fingerprint density at radius 1 is 0.405 bits per heavy atom. The maximum atomic E-state index is 4.53. The first kappa shape index (κ1) is 23.1. The quantitative estimate of drug-likeness (QED) is 0.221. The highest BCUT2D eigenvalue weighted by Gasteiger charge is 2.21. The number of para-hydroxylation sites is 4. The van der Waals surface area contributed by atoms with Gasteiger partial charge in [-0.3, -0.25) is 4.98 Å². The molecule has 0 radical (unpaired) electrons. The topological polar surface area (TPSA) is 22.8 Å². The molecule has 3 aromatic heterocycles. The zero-order chi connectivity index (χ0) is 27.6. The Bertz CT molecular complexity index is 2460. The van der Waals surface area contributed by atoms with Gasteiger partial charge in [-0.25, -0.2) is 0 Å². The van der Waals surface area contributed by atoms with Crippen molar-refractivity contribution in [3.8, 4) is 22.5 Å². The smallest absolute Gasteiger partial charge is 0.0724 e. The van der Waals surface area contributed by atoms with Crippen molar-refractivity contribution in [1.82, 2.24) is 14.1 Å². The molecule has 3 nitrogen and oxygen atoms in total. The molecule has 0 aliphatic heterocycles. The molecular formula is C39H25N3. The van der Waals surface area contributed by atoms with Crippen molar-refractivity contribution in [2.45, 2.75) is 0 Å². The lowest BCUT2D eigenvalue weighted by Crippen LogP contribution is -1.98. The van der Waals surface area contributed by atoms with Crippen LogP contribution in [0, 0.1) is 0 Å². The van der Waals surface area contributed by atoms with Crippen LogP contribution in [-0.4, -0.2) is 14.1 Å². The highest BCUT2D eigenvalue weighted by molar-refractivity contribution is 6.19. The van der Waals surface area contributed by atoms with Gasteiger partial charge in [0.25, 0.3) is 0 Å². The van der Waals surface area contributed by atoms with Gasteiger partial charge in [-0.2, -0.15) is 0 Å². The molecule has 0 aliphatic rings. The normalized spacial score (nSPS) is 11.8. The van der Waals surface area contributed by atoms with Crippen molar-refractivity contribution in [1.29, 1.82) is 0 Å². The Balaban J connectivity index is 1.45. The van der Waals surface area contributed by atoms with Crippen molar-refractivity contribution < 1.29 is 0 Å². The van der Waals surface area contributed by atoms with Gasteiger partial charge in [-0.05, 0) is 47.2 Å². The Labute approximate surface area is 242 Å². The average molecular weight is 536 g/mol. The van der Waals surface area contributed by atoms with Gasteiger partial charge < -0.3 is 9.13 Å². The number of nitrogens with zero attached hydrogens (tertiary/aromatic N) is 3. The standard InChI is InChI=1S/C39H25N3/c1-2-12-28(13-3-1)41-37-25-40-23-22-31(37)33-16-9-17-34(38(33)41)35-18-8-15-32-30-14-6-7-19-36(30)42(39(32)35)29-21-20-26-10-4-5-11-27(26)24-29/h1-25H. The molecule has 42 heavy (non-hydrogen) atoms. The lowest BCUT2D eigenvalue weighted by Gasteiger charge is -2.15. The van der Waals surface area contributed by atoms with Gasteiger partial charge in [0.1, 0.15) is 0 Å². The second kappa shape index (κ2) is 8.92. The third-order valence-corrected chi connectivity index (χ3v) is 8.58. The van der Waals surface area contributed by atoms with E-state index in [-0.39, 0.29) is 0 Å². The van der Waals surface area contributed by atoms with E-state index < -0.39 is 0 Å². The van der Waals surface area contributed by atoms with Crippen LogP contribution in [0.5, 0.6) is 0 Å². The fourth-order valence-electron chi connectivity index (χ4n) is 6.80. The fraction of sp³-hybridized carbons (Fsp3) is 0. The number of aromatic nitrogens is 3. The van der Waals surface area contributed by atoms with E-state index in [2.05, 4.69) is 154 Å². The van der Waals surface area contributed by atoms with E-state index in [1.807, 2.05) is 12.4 Å². The average Bonchev–Trinajstić information content (AvgIpc) is 3.58. The minimum atomic E-state index is 1.10. The molecule has 0 N–H and O–H groups in total. The summed E-state index contributed by atoms with van der Waals surface area (Å²) < 4.78 is 4.82. The first-order valence-corrected chi connectivity index (χ1v) is 14.3. The maximum absolute atomic E-state index is 4.53. The molecule has 0 spiro atoms. The van der Waals surface area contributed by atoms with Crippen molar-refractivity contribution in [2.24, 2.45) is 0 Å². The van der Waals surface area contributed by atoms with E-state index in [9.17, 15) is 0 Å². The third kappa shape index (κ3) is 3.25. The number of hydrogen-bond donors (Lipinski definition) is 0. The molecule has 9 rings (SSSR count). The Morgan fingerprint density at radius 2 is 1.02 bits per heavy atom. The van der Waals surface area contributed by atoms with E-state index in [4.69, 9.17) is 0 Å². The van der Waals surface area contributed by atoms with E-state index in [0.717, 1.165) is 16.9 Å². The summed E-state index contributed by atoms with van der Waals surface area (Å²) in [5.41, 5.74) is 9.40. The van der Waals surface area contributed by atoms with Crippen LogP contribution in [0.1, 0.15) is 0 Å². The number of fused-ring (bicyclic) bond motifs is 7. The molecular weight excluding hydrogens is 510 g/mol. The molecule has 0 fully saturated rings. The van der Waals surface area contributed by atoms with Crippen LogP contribution in [-0.2, 0) is 0 Å². The number of pyridine rings is 1. The first-order valence-electron chi connectivity index (χ1n) is 14.3. The van der Waals surface area contributed by atoms with Crippen LogP contribution in [0.15, 0.2) is 152 Å². The molecule has 6 aromatic carbocycles. The number of hydrogen-bond acceptors (Lipinski definition) is 1. The molecule has 3 heterocycles. The largest absolute Gasteiger partial charge is 0.309 e. The van der Waals surface area contributed by atoms with Crippen LogP contribution in [0.2, 0.25) is 0 Å². The summed E-state index contributed by atoms with van der Waals surface area (Å²) in [6.07, 6.45) is 3.88. The van der Waals surface area contributed by atoms with E-state index in [0.29, 0.717) is 0 Å². The second-order valence-corrected chi connectivity index (χ2v) is 10.9. The number of rotatable bonds is 3. The van der Waals surface area contributed by atoms with Crippen molar-refractivity contribution in [3.05, 3.63) is 152 Å². The Morgan fingerprint density at radius 3 is 1.81 bits per heavy atom. The molecule has 0 atom stereocenters. The van der Waals surface area contributed by atoms with Gasteiger partial charge >= 0.3 is 0 Å². The highest BCUT2D eigenvalue weighted by atomic mass is 15.0.